The van der Waals surface area contributed by atoms with E-state index in [9.17, 15) is 14.4 Å². The maximum Gasteiger partial charge on any atom is 0.407 e. The SMILES string of the molecule is CC(C)(C)OC(=O)NCc1ccc(COc2cccc3c2CN(C2CCCCNC2=O)C3=O)cc1. The third-order valence-corrected chi connectivity index (χ3v) is 6.09. The molecule has 1 saturated heterocycles. The minimum absolute atomic E-state index is 0.0765. The van der Waals surface area contributed by atoms with E-state index in [1.807, 2.05) is 57.2 Å². The van der Waals surface area contributed by atoms with Crippen LogP contribution in [0.15, 0.2) is 42.5 Å². The minimum atomic E-state index is -0.535. The van der Waals surface area contributed by atoms with Crippen molar-refractivity contribution < 1.29 is 23.9 Å². The van der Waals surface area contributed by atoms with E-state index in [0.29, 0.717) is 44.0 Å². The van der Waals surface area contributed by atoms with Crippen LogP contribution in [0.5, 0.6) is 5.75 Å². The molecular formula is C27H33N3O5. The van der Waals surface area contributed by atoms with Gasteiger partial charge >= 0.3 is 6.09 Å². The van der Waals surface area contributed by atoms with Crippen LogP contribution in [0.4, 0.5) is 4.79 Å². The molecule has 2 N–H and O–H groups in total. The van der Waals surface area contributed by atoms with Crippen molar-refractivity contribution in [1.29, 1.82) is 0 Å². The molecular weight excluding hydrogens is 446 g/mol. The van der Waals surface area contributed by atoms with Gasteiger partial charge in [0.05, 0.1) is 6.54 Å². The van der Waals surface area contributed by atoms with E-state index in [1.54, 1.807) is 11.0 Å². The van der Waals surface area contributed by atoms with Crippen molar-refractivity contribution in [1.82, 2.24) is 15.5 Å². The average Bonchev–Trinajstić information content (AvgIpc) is 2.99. The zero-order valence-corrected chi connectivity index (χ0v) is 20.6. The summed E-state index contributed by atoms with van der Waals surface area (Å²) in [7, 11) is 0. The van der Waals surface area contributed by atoms with Crippen LogP contribution in [0, 0.1) is 0 Å². The molecule has 0 saturated carbocycles. The number of rotatable bonds is 6. The van der Waals surface area contributed by atoms with Crippen molar-refractivity contribution in [3.8, 4) is 5.75 Å². The van der Waals surface area contributed by atoms with E-state index in [2.05, 4.69) is 10.6 Å². The second-order valence-corrected chi connectivity index (χ2v) is 9.98. The number of hydrogen-bond acceptors (Lipinski definition) is 5. The molecule has 8 nitrogen and oxygen atoms in total. The van der Waals surface area contributed by atoms with Crippen molar-refractivity contribution >= 4 is 17.9 Å². The molecule has 1 fully saturated rings. The fraction of sp³-hybridized carbons (Fsp3) is 0.444. The van der Waals surface area contributed by atoms with Gasteiger partial charge in [-0.1, -0.05) is 30.3 Å². The number of alkyl carbamates (subject to hydrolysis) is 1. The Morgan fingerprint density at radius 1 is 1.09 bits per heavy atom. The van der Waals surface area contributed by atoms with Crippen LogP contribution in [0.3, 0.4) is 0 Å². The number of nitrogens with zero attached hydrogens (tertiary/aromatic N) is 1. The highest BCUT2D eigenvalue weighted by molar-refractivity contribution is 6.01. The number of carbonyl (C=O) groups is 3. The first-order valence-corrected chi connectivity index (χ1v) is 12.1. The molecule has 1 atom stereocenters. The fourth-order valence-corrected chi connectivity index (χ4v) is 4.34. The highest BCUT2D eigenvalue weighted by atomic mass is 16.6. The molecule has 2 aromatic carbocycles. The molecule has 4 rings (SSSR count). The highest BCUT2D eigenvalue weighted by Crippen LogP contribution is 2.33. The largest absolute Gasteiger partial charge is 0.489 e. The van der Waals surface area contributed by atoms with E-state index >= 15 is 0 Å². The second-order valence-electron chi connectivity index (χ2n) is 9.98. The van der Waals surface area contributed by atoms with Gasteiger partial charge in [-0.15, -0.1) is 0 Å². The molecule has 2 aliphatic heterocycles. The van der Waals surface area contributed by atoms with Gasteiger partial charge in [0.25, 0.3) is 5.91 Å². The van der Waals surface area contributed by atoms with Gasteiger partial charge in [0.2, 0.25) is 5.91 Å². The van der Waals surface area contributed by atoms with Gasteiger partial charge < -0.3 is 25.0 Å². The minimum Gasteiger partial charge on any atom is -0.489 e. The van der Waals surface area contributed by atoms with E-state index in [4.69, 9.17) is 9.47 Å². The summed E-state index contributed by atoms with van der Waals surface area (Å²) < 4.78 is 11.3. The Hall–Kier alpha value is -3.55. The lowest BCUT2D eigenvalue weighted by molar-refractivity contribution is -0.125. The molecule has 0 aliphatic carbocycles. The summed E-state index contributed by atoms with van der Waals surface area (Å²) in [5, 5.41) is 5.66. The number of amides is 3. The van der Waals surface area contributed by atoms with Crippen molar-refractivity contribution in [2.45, 2.75) is 71.4 Å². The summed E-state index contributed by atoms with van der Waals surface area (Å²) in [5.74, 6) is 0.463. The van der Waals surface area contributed by atoms with E-state index in [1.165, 1.54) is 0 Å². The molecule has 186 valence electrons. The summed E-state index contributed by atoms with van der Waals surface area (Å²) in [6.45, 7) is 7.22. The molecule has 2 aromatic rings. The first-order chi connectivity index (χ1) is 16.7. The summed E-state index contributed by atoms with van der Waals surface area (Å²) >= 11 is 0. The normalized spacial score (nSPS) is 17.9. The van der Waals surface area contributed by atoms with Crippen molar-refractivity contribution in [3.63, 3.8) is 0 Å². The van der Waals surface area contributed by atoms with Crippen LogP contribution in [0.2, 0.25) is 0 Å². The van der Waals surface area contributed by atoms with Gasteiger partial charge in [0, 0.05) is 24.2 Å². The van der Waals surface area contributed by atoms with Crippen LogP contribution in [0.1, 0.15) is 67.1 Å². The monoisotopic (exact) mass is 479 g/mol. The Labute approximate surface area is 206 Å². The van der Waals surface area contributed by atoms with Gasteiger partial charge in [0.1, 0.15) is 24.0 Å². The van der Waals surface area contributed by atoms with E-state index < -0.39 is 17.7 Å². The molecule has 2 heterocycles. The molecule has 8 heteroatoms. The van der Waals surface area contributed by atoms with Crippen molar-refractivity contribution in [2.24, 2.45) is 0 Å². The van der Waals surface area contributed by atoms with Gasteiger partial charge in [-0.3, -0.25) is 9.59 Å². The maximum absolute atomic E-state index is 13.1. The van der Waals surface area contributed by atoms with Crippen LogP contribution in [-0.2, 0) is 29.2 Å². The number of nitrogens with one attached hydrogen (secondary N) is 2. The summed E-state index contributed by atoms with van der Waals surface area (Å²) in [5.41, 5.74) is 2.80. The summed E-state index contributed by atoms with van der Waals surface area (Å²) in [6, 6.07) is 12.8. The number of ether oxygens (including phenoxy) is 2. The quantitative estimate of drug-likeness (QED) is 0.655. The third-order valence-electron chi connectivity index (χ3n) is 6.09. The number of fused-ring (bicyclic) bond motifs is 1. The van der Waals surface area contributed by atoms with Gasteiger partial charge in [-0.25, -0.2) is 4.79 Å². The smallest absolute Gasteiger partial charge is 0.407 e. The number of hydrogen-bond donors (Lipinski definition) is 2. The Morgan fingerprint density at radius 2 is 1.83 bits per heavy atom. The van der Waals surface area contributed by atoms with Crippen LogP contribution in [-0.4, -0.2) is 41.0 Å². The topological polar surface area (TPSA) is 97.0 Å². The Kier molecular flexibility index (Phi) is 7.28. The second kappa shape index (κ2) is 10.4. The Bertz CT molecular complexity index is 1090. The standard InChI is InChI=1S/C27H33N3O5/c1-27(2,3)35-26(33)29-15-18-10-12-19(13-11-18)17-34-23-9-6-7-20-21(23)16-30(25(20)32)22-8-4-5-14-28-24(22)31/h6-7,9-13,22H,4-5,8,14-17H2,1-3H3,(H,28,31)(H,29,33). The molecule has 0 bridgehead atoms. The van der Waals surface area contributed by atoms with Crippen molar-refractivity contribution in [2.75, 3.05) is 6.54 Å². The first kappa shape index (κ1) is 24.6. The maximum atomic E-state index is 13.1. The summed E-state index contributed by atoms with van der Waals surface area (Å²) in [4.78, 5) is 39.1. The first-order valence-electron chi connectivity index (χ1n) is 12.1. The lowest BCUT2D eigenvalue weighted by atomic mass is 10.1. The van der Waals surface area contributed by atoms with Gasteiger partial charge in [-0.2, -0.15) is 0 Å². The molecule has 1 unspecified atom stereocenters. The Balaban J connectivity index is 1.36. The number of carbonyl (C=O) groups excluding carboxylic acids is 3. The van der Waals surface area contributed by atoms with Crippen LogP contribution in [0.25, 0.3) is 0 Å². The Morgan fingerprint density at radius 3 is 2.57 bits per heavy atom. The van der Waals surface area contributed by atoms with Gasteiger partial charge in [0.15, 0.2) is 0 Å². The van der Waals surface area contributed by atoms with E-state index in [-0.39, 0.29) is 11.8 Å². The van der Waals surface area contributed by atoms with Crippen molar-refractivity contribution in [3.05, 3.63) is 64.7 Å². The molecule has 0 spiro atoms. The third kappa shape index (κ3) is 6.12. The lowest BCUT2D eigenvalue weighted by Gasteiger charge is -2.25. The van der Waals surface area contributed by atoms with Crippen LogP contribution < -0.4 is 15.4 Å². The van der Waals surface area contributed by atoms with Crippen LogP contribution >= 0.6 is 0 Å². The zero-order chi connectivity index (χ0) is 25.0. The fourth-order valence-electron chi connectivity index (χ4n) is 4.34. The molecule has 0 aromatic heterocycles. The average molecular weight is 480 g/mol. The predicted molar refractivity (Wildman–Crippen MR) is 131 cm³/mol. The molecule has 2 aliphatic rings. The summed E-state index contributed by atoms with van der Waals surface area (Å²) in [6.07, 6.45) is 2.07. The zero-order valence-electron chi connectivity index (χ0n) is 20.6. The molecule has 0 radical (unpaired) electrons. The predicted octanol–water partition coefficient (Wildman–Crippen LogP) is 3.91. The molecule has 3 amide bonds. The van der Waals surface area contributed by atoms with Gasteiger partial charge in [-0.05, 0) is 63.3 Å². The molecule has 35 heavy (non-hydrogen) atoms. The highest BCUT2D eigenvalue weighted by Gasteiger charge is 2.38. The van der Waals surface area contributed by atoms with E-state index in [0.717, 1.165) is 29.5 Å². The lowest BCUT2D eigenvalue weighted by Crippen LogP contribution is -2.45. The number of benzene rings is 2.